The van der Waals surface area contributed by atoms with E-state index in [9.17, 15) is 10.5 Å². The molecule has 0 radical (unpaired) electrons. The Morgan fingerprint density at radius 1 is 0.618 bits per heavy atom. The minimum atomic E-state index is -0.128. The average molecular weight is 436 g/mol. The molecule has 2 atom stereocenters. The van der Waals surface area contributed by atoms with Crippen LogP contribution in [0.25, 0.3) is 27.6 Å². The second-order valence-corrected chi connectivity index (χ2v) is 8.30. The van der Waals surface area contributed by atoms with Crippen LogP contribution in [0.2, 0.25) is 0 Å². The van der Waals surface area contributed by atoms with Crippen molar-refractivity contribution in [3.05, 3.63) is 89.0 Å². The number of hydrogen-bond donors (Lipinski definition) is 0. The Hall–Kier alpha value is -5.08. The molecule has 0 N–H and O–H groups in total. The number of aromatic nitrogens is 4. The molecule has 34 heavy (non-hydrogen) atoms. The zero-order chi connectivity index (χ0) is 22.8. The van der Waals surface area contributed by atoms with Gasteiger partial charge < -0.3 is 0 Å². The summed E-state index contributed by atoms with van der Waals surface area (Å²) in [6.45, 7) is 0. The first-order chi connectivity index (χ1) is 16.8. The van der Waals surface area contributed by atoms with Crippen LogP contribution < -0.4 is 0 Å². The predicted octanol–water partition coefficient (Wildman–Crippen LogP) is 3.86. The number of nitriles is 2. The Bertz CT molecular complexity index is 1800. The molecule has 3 aliphatic rings. The molecule has 0 saturated carbocycles. The van der Waals surface area contributed by atoms with E-state index < -0.39 is 0 Å². The van der Waals surface area contributed by atoms with Gasteiger partial charge >= 0.3 is 0 Å². The minimum absolute atomic E-state index is 0.0591. The van der Waals surface area contributed by atoms with E-state index in [2.05, 4.69) is 42.1 Å². The molecule has 2 unspecified atom stereocenters. The molecule has 0 spiro atoms. The van der Waals surface area contributed by atoms with Crippen LogP contribution in [0.4, 0.5) is 0 Å². The fraction of sp³-hybridized carbons (Fsp3) is 0.0769. The van der Waals surface area contributed by atoms with Gasteiger partial charge in [0.15, 0.2) is 0 Å². The van der Waals surface area contributed by atoms with Crippen molar-refractivity contribution < 1.29 is 0 Å². The molecule has 7 rings (SSSR count). The Morgan fingerprint density at radius 3 is 1.82 bits per heavy atom. The van der Waals surface area contributed by atoms with E-state index in [1.165, 1.54) is 0 Å². The van der Waals surface area contributed by atoms with Gasteiger partial charge in [0.1, 0.15) is 0 Å². The monoisotopic (exact) mass is 436 g/mol. The number of hydrogen-bond acceptors (Lipinski definition) is 8. The van der Waals surface area contributed by atoms with Gasteiger partial charge in [0.2, 0.25) is 12.4 Å². The smallest absolute Gasteiger partial charge is 0.206 e. The van der Waals surface area contributed by atoms with Crippen molar-refractivity contribution in [1.82, 2.24) is 19.9 Å². The molecule has 2 aromatic heterocycles. The lowest BCUT2D eigenvalue weighted by Gasteiger charge is -2.21. The van der Waals surface area contributed by atoms with Gasteiger partial charge in [0, 0.05) is 53.3 Å². The van der Waals surface area contributed by atoms with Gasteiger partial charge in [-0.3, -0.25) is 19.9 Å². The normalized spacial score (nSPS) is 21.9. The Balaban J connectivity index is 1.50. The number of allylic oxidation sites excluding steroid dienone is 4. The van der Waals surface area contributed by atoms with Crippen molar-refractivity contribution in [2.75, 3.05) is 0 Å². The van der Waals surface area contributed by atoms with Crippen LogP contribution in [-0.4, -0.2) is 31.4 Å². The third-order valence-electron chi connectivity index (χ3n) is 6.70. The molecule has 2 heterocycles. The molecule has 8 nitrogen and oxygen atoms in total. The van der Waals surface area contributed by atoms with Crippen LogP contribution in [0.5, 0.6) is 0 Å². The third-order valence-corrected chi connectivity index (χ3v) is 6.70. The SMILES string of the molecule is N#C/N=C1/C2=CC3c4cc5nccnc5cc4/C(=N\C#N)C3C=C2c2cc3nccnc3cc21. The predicted molar refractivity (Wildman–Crippen MR) is 126 cm³/mol. The Morgan fingerprint density at radius 2 is 1.18 bits per heavy atom. The lowest BCUT2D eigenvalue weighted by Crippen LogP contribution is -2.16. The summed E-state index contributed by atoms with van der Waals surface area (Å²) in [4.78, 5) is 26.2. The number of rotatable bonds is 0. The first kappa shape index (κ1) is 18.5. The minimum Gasteiger partial charge on any atom is -0.253 e. The van der Waals surface area contributed by atoms with Gasteiger partial charge in [-0.05, 0) is 41.0 Å². The van der Waals surface area contributed by atoms with Crippen LogP contribution in [0.3, 0.4) is 0 Å². The largest absolute Gasteiger partial charge is 0.253 e. The number of aliphatic imine (C=N–C) groups is 2. The molecular formula is C26H12N8. The summed E-state index contributed by atoms with van der Waals surface area (Å²) in [5, 5.41) is 18.9. The number of nitrogens with zero attached hydrogens (tertiary/aromatic N) is 8. The van der Waals surface area contributed by atoms with E-state index in [0.717, 1.165) is 55.5 Å². The highest BCUT2D eigenvalue weighted by Gasteiger charge is 2.42. The summed E-state index contributed by atoms with van der Waals surface area (Å²) in [6.07, 6.45) is 14.9. The van der Waals surface area contributed by atoms with Crippen molar-refractivity contribution >= 4 is 39.1 Å². The highest BCUT2D eigenvalue weighted by molar-refractivity contribution is 6.31. The van der Waals surface area contributed by atoms with E-state index in [1.54, 1.807) is 24.8 Å². The number of fused-ring (bicyclic) bond motifs is 8. The maximum absolute atomic E-state index is 9.46. The summed E-state index contributed by atoms with van der Waals surface area (Å²) in [5.74, 6) is -0.187. The fourth-order valence-electron chi connectivity index (χ4n) is 5.36. The number of benzene rings is 2. The van der Waals surface area contributed by atoms with Crippen LogP contribution >= 0.6 is 0 Å². The maximum atomic E-state index is 9.46. The zero-order valence-electron chi connectivity index (χ0n) is 17.5. The van der Waals surface area contributed by atoms with E-state index in [-0.39, 0.29) is 11.8 Å². The van der Waals surface area contributed by atoms with Crippen molar-refractivity contribution in [3.63, 3.8) is 0 Å². The van der Waals surface area contributed by atoms with E-state index in [0.29, 0.717) is 11.4 Å². The average Bonchev–Trinajstić information content (AvgIpc) is 3.32. The molecule has 0 saturated heterocycles. The summed E-state index contributed by atoms with van der Waals surface area (Å²) in [6, 6.07) is 7.91. The van der Waals surface area contributed by atoms with Gasteiger partial charge in [-0.2, -0.15) is 20.5 Å². The van der Waals surface area contributed by atoms with Crippen molar-refractivity contribution in [1.29, 1.82) is 10.5 Å². The van der Waals surface area contributed by atoms with Crippen molar-refractivity contribution in [2.24, 2.45) is 15.9 Å². The Kier molecular flexibility index (Phi) is 3.65. The lowest BCUT2D eigenvalue weighted by molar-refractivity contribution is 0.768. The summed E-state index contributed by atoms with van der Waals surface area (Å²) < 4.78 is 0. The quantitative estimate of drug-likeness (QED) is 0.386. The Labute approximate surface area is 193 Å². The third kappa shape index (κ3) is 2.39. The van der Waals surface area contributed by atoms with Gasteiger partial charge in [0.25, 0.3) is 0 Å². The maximum Gasteiger partial charge on any atom is 0.206 e. The van der Waals surface area contributed by atoms with E-state index in [1.807, 2.05) is 36.7 Å². The molecule has 0 aliphatic heterocycles. The van der Waals surface area contributed by atoms with Gasteiger partial charge in [-0.15, -0.1) is 0 Å². The van der Waals surface area contributed by atoms with Crippen molar-refractivity contribution in [3.8, 4) is 12.4 Å². The molecule has 0 fully saturated rings. The molecule has 4 aromatic rings. The van der Waals surface area contributed by atoms with Crippen LogP contribution in [0.1, 0.15) is 28.2 Å². The molecule has 2 aromatic carbocycles. The molecule has 8 heteroatoms. The lowest BCUT2D eigenvalue weighted by atomic mass is 9.81. The zero-order valence-corrected chi connectivity index (χ0v) is 17.5. The van der Waals surface area contributed by atoms with Gasteiger partial charge in [-0.25, -0.2) is 0 Å². The van der Waals surface area contributed by atoms with E-state index in [4.69, 9.17) is 0 Å². The second kappa shape index (κ2) is 6.71. The molecule has 156 valence electrons. The van der Waals surface area contributed by atoms with Crippen LogP contribution in [-0.2, 0) is 0 Å². The van der Waals surface area contributed by atoms with E-state index >= 15 is 0 Å². The first-order valence-corrected chi connectivity index (χ1v) is 10.6. The highest BCUT2D eigenvalue weighted by Crippen LogP contribution is 2.51. The van der Waals surface area contributed by atoms with Crippen molar-refractivity contribution in [2.45, 2.75) is 5.92 Å². The second-order valence-electron chi connectivity index (χ2n) is 8.30. The summed E-state index contributed by atoms with van der Waals surface area (Å²) in [5.41, 5.74) is 10.0. The van der Waals surface area contributed by atoms with Crippen LogP contribution in [0.15, 0.2) is 76.8 Å². The van der Waals surface area contributed by atoms with Gasteiger partial charge in [0.05, 0.1) is 33.5 Å². The molecule has 0 amide bonds. The van der Waals surface area contributed by atoms with Crippen LogP contribution in [0, 0.1) is 28.8 Å². The standard InChI is InChI=1S/C26H12N8/c27-11-33-25-17-6-14-16-8-22-24(32-4-2-30-22)10-20(16)26(34-12-28)18(14)5-13(17)15-7-21-23(9-19(15)25)31-3-1-29-21/h1-10,13,17H/b33-25-,34-26-. The fourth-order valence-corrected chi connectivity index (χ4v) is 5.36. The summed E-state index contributed by atoms with van der Waals surface area (Å²) in [7, 11) is 0. The summed E-state index contributed by atoms with van der Waals surface area (Å²) >= 11 is 0. The first-order valence-electron chi connectivity index (χ1n) is 10.6. The highest BCUT2D eigenvalue weighted by atomic mass is 14.8. The van der Waals surface area contributed by atoms with Gasteiger partial charge in [-0.1, -0.05) is 12.2 Å². The topological polar surface area (TPSA) is 124 Å². The molecule has 0 bridgehead atoms. The molecular weight excluding hydrogens is 424 g/mol. The molecule has 3 aliphatic carbocycles.